The number of amides is 4. The molecule has 1 saturated carbocycles. The minimum atomic E-state index is -0.956. The van der Waals surface area contributed by atoms with E-state index in [-0.39, 0.29) is 12.5 Å². The van der Waals surface area contributed by atoms with Crippen LogP contribution in [-0.4, -0.2) is 22.7 Å². The van der Waals surface area contributed by atoms with Crippen LogP contribution in [0.2, 0.25) is 0 Å². The summed E-state index contributed by atoms with van der Waals surface area (Å²) in [6.07, 6.45) is 1.07. The summed E-state index contributed by atoms with van der Waals surface area (Å²) < 4.78 is 0.944. The molecule has 7 heteroatoms. The first-order chi connectivity index (χ1) is 8.53. The average molecular weight is 329 g/mol. The van der Waals surface area contributed by atoms with Crippen LogP contribution in [0, 0.1) is 5.41 Å². The van der Waals surface area contributed by atoms with Gasteiger partial charge in [0, 0.05) is 4.88 Å². The third-order valence-electron chi connectivity index (χ3n) is 3.25. The van der Waals surface area contributed by atoms with Crippen LogP contribution in [0.5, 0.6) is 0 Å². The van der Waals surface area contributed by atoms with Gasteiger partial charge in [-0.3, -0.25) is 19.8 Å². The molecular formula is C11H9BrN2O3S. The van der Waals surface area contributed by atoms with E-state index in [4.69, 9.17) is 0 Å². The van der Waals surface area contributed by atoms with Crippen LogP contribution in [0.25, 0.3) is 0 Å². The van der Waals surface area contributed by atoms with Gasteiger partial charge >= 0.3 is 6.03 Å². The monoisotopic (exact) mass is 328 g/mol. The van der Waals surface area contributed by atoms with E-state index in [9.17, 15) is 14.4 Å². The lowest BCUT2D eigenvalue weighted by Crippen LogP contribution is -2.58. The van der Waals surface area contributed by atoms with Gasteiger partial charge in [0.25, 0.3) is 0 Å². The topological polar surface area (TPSA) is 66.5 Å². The third kappa shape index (κ3) is 1.69. The number of urea groups is 1. The zero-order valence-electron chi connectivity index (χ0n) is 9.23. The minimum Gasteiger partial charge on any atom is -0.277 e. The van der Waals surface area contributed by atoms with Gasteiger partial charge in [0.05, 0.1) is 10.3 Å². The molecule has 18 heavy (non-hydrogen) atoms. The van der Waals surface area contributed by atoms with E-state index in [2.05, 4.69) is 21.2 Å². The van der Waals surface area contributed by atoms with Crippen LogP contribution in [0.15, 0.2) is 15.9 Å². The van der Waals surface area contributed by atoms with E-state index in [1.807, 2.05) is 12.1 Å². The number of carbonyl (C=O) groups is 3. The third-order valence-corrected chi connectivity index (χ3v) is 4.86. The number of halogens is 1. The molecule has 1 aromatic rings. The van der Waals surface area contributed by atoms with E-state index < -0.39 is 17.4 Å². The van der Waals surface area contributed by atoms with Crippen molar-refractivity contribution in [1.29, 1.82) is 0 Å². The summed E-state index contributed by atoms with van der Waals surface area (Å²) in [5.74, 6) is -0.804. The average Bonchev–Trinajstić information content (AvgIpc) is 3.02. The fourth-order valence-electron chi connectivity index (χ4n) is 2.03. The molecule has 1 aromatic heterocycles. The number of thiophene rings is 1. The quantitative estimate of drug-likeness (QED) is 0.843. The lowest BCUT2D eigenvalue weighted by Gasteiger charge is -2.29. The van der Waals surface area contributed by atoms with Crippen LogP contribution in [-0.2, 0) is 16.1 Å². The van der Waals surface area contributed by atoms with Crippen molar-refractivity contribution >= 4 is 45.1 Å². The van der Waals surface area contributed by atoms with Gasteiger partial charge in [-0.15, -0.1) is 11.3 Å². The second-order valence-electron chi connectivity index (χ2n) is 4.44. The smallest absolute Gasteiger partial charge is 0.277 e. The van der Waals surface area contributed by atoms with Crippen molar-refractivity contribution in [3.8, 4) is 0 Å². The number of hydrogen-bond donors (Lipinski definition) is 1. The second kappa shape index (κ2) is 3.89. The van der Waals surface area contributed by atoms with Crippen LogP contribution >= 0.6 is 27.3 Å². The molecule has 2 fully saturated rings. The lowest BCUT2D eigenvalue weighted by molar-refractivity contribution is -0.145. The van der Waals surface area contributed by atoms with Gasteiger partial charge in [-0.05, 0) is 40.9 Å². The SMILES string of the molecule is O=C1NC(=O)C2(CC2)C(=O)N1Cc1ccc(Br)s1. The molecule has 1 spiro atoms. The highest BCUT2D eigenvalue weighted by molar-refractivity contribution is 9.11. The Morgan fingerprint density at radius 1 is 1.33 bits per heavy atom. The zero-order valence-corrected chi connectivity index (χ0v) is 11.6. The van der Waals surface area contributed by atoms with Gasteiger partial charge in [-0.25, -0.2) is 4.79 Å². The van der Waals surface area contributed by atoms with Gasteiger partial charge in [0.1, 0.15) is 5.41 Å². The highest BCUT2D eigenvalue weighted by atomic mass is 79.9. The highest BCUT2D eigenvalue weighted by Gasteiger charge is 2.62. The fraction of sp³-hybridized carbons (Fsp3) is 0.364. The molecule has 1 saturated heterocycles. The summed E-state index contributed by atoms with van der Waals surface area (Å²) in [7, 11) is 0. The Morgan fingerprint density at radius 2 is 2.06 bits per heavy atom. The molecule has 5 nitrogen and oxygen atoms in total. The maximum Gasteiger partial charge on any atom is 0.331 e. The zero-order chi connectivity index (χ0) is 12.9. The van der Waals surface area contributed by atoms with E-state index in [1.165, 1.54) is 11.3 Å². The molecule has 0 radical (unpaired) electrons. The van der Waals surface area contributed by atoms with E-state index >= 15 is 0 Å². The summed E-state index contributed by atoms with van der Waals surface area (Å²) >= 11 is 4.80. The molecule has 2 heterocycles. The highest BCUT2D eigenvalue weighted by Crippen LogP contribution is 2.49. The molecule has 94 valence electrons. The van der Waals surface area contributed by atoms with Crippen LogP contribution in [0.3, 0.4) is 0 Å². The Kier molecular flexibility index (Phi) is 2.56. The van der Waals surface area contributed by atoms with E-state index in [0.717, 1.165) is 13.6 Å². The van der Waals surface area contributed by atoms with Gasteiger partial charge in [-0.2, -0.15) is 0 Å². The second-order valence-corrected chi connectivity index (χ2v) is 6.99. The molecule has 0 bridgehead atoms. The minimum absolute atomic E-state index is 0.218. The molecule has 3 rings (SSSR count). The van der Waals surface area contributed by atoms with Crippen molar-refractivity contribution < 1.29 is 14.4 Å². The number of rotatable bonds is 2. The molecule has 1 aliphatic heterocycles. The number of barbiturate groups is 1. The predicted octanol–water partition coefficient (Wildman–Crippen LogP) is 1.87. The largest absolute Gasteiger partial charge is 0.331 e. The van der Waals surface area contributed by atoms with Crippen molar-refractivity contribution in [2.75, 3.05) is 0 Å². The molecule has 1 N–H and O–H groups in total. The Morgan fingerprint density at radius 3 is 2.61 bits per heavy atom. The Hall–Kier alpha value is -1.21. The summed E-state index contributed by atoms with van der Waals surface area (Å²) in [4.78, 5) is 37.5. The van der Waals surface area contributed by atoms with Crippen molar-refractivity contribution in [2.24, 2.45) is 5.41 Å². The standard InChI is InChI=1S/C11H9BrN2O3S/c12-7-2-1-6(18-7)5-14-9(16)11(3-4-11)8(15)13-10(14)17/h1-2H,3-5H2,(H,13,15,17). The first kappa shape index (κ1) is 11.9. The summed E-state index contributed by atoms with van der Waals surface area (Å²) in [5.41, 5.74) is -0.956. The summed E-state index contributed by atoms with van der Waals surface area (Å²) in [6, 6.07) is 3.10. The molecule has 2 aliphatic rings. The first-order valence-electron chi connectivity index (χ1n) is 5.44. The van der Waals surface area contributed by atoms with Crippen molar-refractivity contribution in [3.63, 3.8) is 0 Å². The lowest BCUT2D eigenvalue weighted by atomic mass is 10.0. The van der Waals surface area contributed by atoms with Gasteiger partial charge < -0.3 is 0 Å². The Labute approximate surface area is 115 Å². The Balaban J connectivity index is 1.85. The molecule has 4 amide bonds. The van der Waals surface area contributed by atoms with Gasteiger partial charge in [0.15, 0.2) is 0 Å². The molecule has 0 atom stereocenters. The van der Waals surface area contributed by atoms with Crippen molar-refractivity contribution in [3.05, 3.63) is 20.8 Å². The van der Waals surface area contributed by atoms with Crippen LogP contribution in [0.1, 0.15) is 17.7 Å². The number of hydrogen-bond acceptors (Lipinski definition) is 4. The van der Waals surface area contributed by atoms with Crippen molar-refractivity contribution in [1.82, 2.24) is 10.2 Å². The van der Waals surface area contributed by atoms with Crippen LogP contribution < -0.4 is 5.32 Å². The summed E-state index contributed by atoms with van der Waals surface area (Å²) in [6.45, 7) is 0.218. The van der Waals surface area contributed by atoms with Gasteiger partial charge in [0.2, 0.25) is 11.8 Å². The predicted molar refractivity (Wildman–Crippen MR) is 67.8 cm³/mol. The number of imide groups is 2. The van der Waals surface area contributed by atoms with Crippen molar-refractivity contribution in [2.45, 2.75) is 19.4 Å². The number of nitrogens with one attached hydrogen (secondary N) is 1. The molecule has 1 aliphatic carbocycles. The molecule has 0 unspecified atom stereocenters. The first-order valence-corrected chi connectivity index (χ1v) is 7.05. The maximum absolute atomic E-state index is 12.2. The van der Waals surface area contributed by atoms with Crippen LogP contribution in [0.4, 0.5) is 4.79 Å². The van der Waals surface area contributed by atoms with E-state index in [1.54, 1.807) is 0 Å². The molecular weight excluding hydrogens is 320 g/mol. The Bertz CT molecular complexity index is 564. The summed E-state index contributed by atoms with van der Waals surface area (Å²) in [5, 5.41) is 2.26. The number of nitrogens with zero attached hydrogens (tertiary/aromatic N) is 1. The van der Waals surface area contributed by atoms with E-state index in [0.29, 0.717) is 12.8 Å². The fourth-order valence-corrected chi connectivity index (χ4v) is 3.51. The maximum atomic E-state index is 12.2. The number of carbonyl (C=O) groups excluding carboxylic acids is 3. The normalized spacial score (nSPS) is 21.4. The molecule has 0 aromatic carbocycles. The van der Waals surface area contributed by atoms with Gasteiger partial charge in [-0.1, -0.05) is 0 Å².